The lowest BCUT2D eigenvalue weighted by atomic mass is 10.1. The first kappa shape index (κ1) is 19.1. The van der Waals surface area contributed by atoms with Crippen LogP contribution in [0.15, 0.2) is 42.7 Å². The smallest absolute Gasteiger partial charge is 0.257 e. The minimum absolute atomic E-state index is 0.0386. The molecule has 0 aliphatic heterocycles. The van der Waals surface area contributed by atoms with E-state index in [0.717, 1.165) is 44.2 Å². The van der Waals surface area contributed by atoms with Crippen molar-refractivity contribution in [3.63, 3.8) is 0 Å². The van der Waals surface area contributed by atoms with Crippen LogP contribution >= 0.6 is 0 Å². The highest BCUT2D eigenvalue weighted by molar-refractivity contribution is 5.94. The Labute approximate surface area is 151 Å². The van der Waals surface area contributed by atoms with Crippen molar-refractivity contribution in [3.8, 4) is 11.4 Å². The maximum absolute atomic E-state index is 12.9. The fraction of sp³-hybridized carbons (Fsp3) is 0.476. The molecule has 1 aromatic heterocycles. The summed E-state index contributed by atoms with van der Waals surface area (Å²) in [6.45, 7) is 7.27. The summed E-state index contributed by atoms with van der Waals surface area (Å²) in [6.07, 6.45) is 8.74. The zero-order chi connectivity index (χ0) is 18.1. The minimum atomic E-state index is 0.0386. The van der Waals surface area contributed by atoms with E-state index < -0.39 is 0 Å². The molecule has 0 N–H and O–H groups in total. The number of hydrogen-bond acceptors (Lipinski definition) is 3. The van der Waals surface area contributed by atoms with Crippen molar-refractivity contribution in [2.24, 2.45) is 0 Å². The second-order valence-electron chi connectivity index (χ2n) is 6.50. The van der Waals surface area contributed by atoms with Crippen molar-refractivity contribution >= 4 is 5.91 Å². The van der Waals surface area contributed by atoms with Crippen LogP contribution in [0.2, 0.25) is 0 Å². The molecule has 1 aromatic carbocycles. The molecule has 2 rings (SSSR count). The Kier molecular flexibility index (Phi) is 7.58. The molecule has 0 radical (unpaired) electrons. The van der Waals surface area contributed by atoms with Crippen molar-refractivity contribution in [3.05, 3.63) is 48.3 Å². The second-order valence-corrected chi connectivity index (χ2v) is 6.50. The highest BCUT2D eigenvalue weighted by Gasteiger charge is 2.21. The van der Waals surface area contributed by atoms with Gasteiger partial charge in [-0.2, -0.15) is 0 Å². The normalized spacial score (nSPS) is 12.0. The number of aromatic nitrogens is 2. The maximum atomic E-state index is 12.9. The highest BCUT2D eigenvalue weighted by atomic mass is 16.2. The average molecular weight is 339 g/mol. The molecular formula is C21H29N3O. The van der Waals surface area contributed by atoms with Gasteiger partial charge in [-0.05, 0) is 19.8 Å². The van der Waals surface area contributed by atoms with Crippen molar-refractivity contribution in [1.82, 2.24) is 14.9 Å². The third-order valence-corrected chi connectivity index (χ3v) is 4.43. The lowest BCUT2D eigenvalue weighted by Gasteiger charge is -2.29. The van der Waals surface area contributed by atoms with E-state index in [9.17, 15) is 4.79 Å². The van der Waals surface area contributed by atoms with Gasteiger partial charge in [-0.25, -0.2) is 9.97 Å². The van der Waals surface area contributed by atoms with Crippen LogP contribution in [0.25, 0.3) is 11.4 Å². The van der Waals surface area contributed by atoms with Gasteiger partial charge in [0, 0.05) is 30.5 Å². The van der Waals surface area contributed by atoms with Crippen LogP contribution in [-0.2, 0) is 0 Å². The molecule has 0 bridgehead atoms. The van der Waals surface area contributed by atoms with Gasteiger partial charge >= 0.3 is 0 Å². The van der Waals surface area contributed by atoms with Crippen LogP contribution in [0, 0.1) is 0 Å². The van der Waals surface area contributed by atoms with Crippen LogP contribution in [0.5, 0.6) is 0 Å². The summed E-state index contributed by atoms with van der Waals surface area (Å²) in [5, 5.41) is 0. The fourth-order valence-corrected chi connectivity index (χ4v) is 2.97. The van der Waals surface area contributed by atoms with E-state index in [1.54, 1.807) is 12.4 Å². The Hall–Kier alpha value is -2.23. The molecular weight excluding hydrogens is 310 g/mol. The molecule has 0 spiro atoms. The van der Waals surface area contributed by atoms with Crippen LogP contribution in [0.3, 0.4) is 0 Å². The summed E-state index contributed by atoms with van der Waals surface area (Å²) in [7, 11) is 0. The first-order valence-electron chi connectivity index (χ1n) is 9.35. The number of benzene rings is 1. The predicted octanol–water partition coefficient (Wildman–Crippen LogP) is 4.96. The van der Waals surface area contributed by atoms with Gasteiger partial charge in [0.05, 0.1) is 5.56 Å². The molecule has 25 heavy (non-hydrogen) atoms. The van der Waals surface area contributed by atoms with Gasteiger partial charge in [0.25, 0.3) is 5.91 Å². The molecule has 1 amide bonds. The van der Waals surface area contributed by atoms with E-state index in [4.69, 9.17) is 0 Å². The molecule has 0 fully saturated rings. The number of carbonyl (C=O) groups excluding carboxylic acids is 1. The number of carbonyl (C=O) groups is 1. The van der Waals surface area contributed by atoms with Crippen molar-refractivity contribution in [2.45, 2.75) is 58.9 Å². The molecule has 0 saturated carbocycles. The summed E-state index contributed by atoms with van der Waals surface area (Å²) >= 11 is 0. The van der Waals surface area contributed by atoms with E-state index in [0.29, 0.717) is 11.4 Å². The Balaban J connectivity index is 2.14. The van der Waals surface area contributed by atoms with Crippen molar-refractivity contribution < 1.29 is 4.79 Å². The topological polar surface area (TPSA) is 46.1 Å². The third-order valence-electron chi connectivity index (χ3n) is 4.43. The van der Waals surface area contributed by atoms with Crippen LogP contribution < -0.4 is 0 Å². The SMILES string of the molecule is CCCCCN(C(=O)c1cnc(-c2ccccc2)nc1)C(C)CCC. The molecule has 1 atom stereocenters. The lowest BCUT2D eigenvalue weighted by Crippen LogP contribution is -2.39. The van der Waals surface area contributed by atoms with Gasteiger partial charge in [-0.15, -0.1) is 0 Å². The number of nitrogens with zero attached hydrogens (tertiary/aromatic N) is 3. The number of rotatable bonds is 9. The molecule has 2 aromatic rings. The zero-order valence-electron chi connectivity index (χ0n) is 15.6. The standard InChI is InChI=1S/C21H29N3O/c1-4-6-10-14-24(17(3)11-5-2)21(25)19-15-22-20(23-16-19)18-12-8-7-9-13-18/h7-9,12-13,15-17H,4-6,10-11,14H2,1-3H3. The third kappa shape index (κ3) is 5.38. The first-order valence-corrected chi connectivity index (χ1v) is 9.35. The highest BCUT2D eigenvalue weighted by Crippen LogP contribution is 2.16. The molecule has 1 heterocycles. The fourth-order valence-electron chi connectivity index (χ4n) is 2.97. The van der Waals surface area contributed by atoms with Gasteiger partial charge in [-0.3, -0.25) is 4.79 Å². The molecule has 0 aliphatic carbocycles. The largest absolute Gasteiger partial charge is 0.336 e. The average Bonchev–Trinajstić information content (AvgIpc) is 2.66. The van der Waals surface area contributed by atoms with E-state index in [1.807, 2.05) is 35.2 Å². The molecule has 4 heteroatoms. The summed E-state index contributed by atoms with van der Waals surface area (Å²) in [5.41, 5.74) is 1.53. The Bertz CT molecular complexity index is 640. The van der Waals surface area contributed by atoms with E-state index in [2.05, 4.69) is 30.7 Å². The van der Waals surface area contributed by atoms with Gasteiger partial charge in [0.1, 0.15) is 0 Å². The number of hydrogen-bond donors (Lipinski definition) is 0. The van der Waals surface area contributed by atoms with E-state index in [-0.39, 0.29) is 11.9 Å². The van der Waals surface area contributed by atoms with E-state index in [1.165, 1.54) is 0 Å². The second kappa shape index (κ2) is 9.92. The molecule has 1 unspecified atom stereocenters. The van der Waals surface area contributed by atoms with E-state index >= 15 is 0 Å². The van der Waals surface area contributed by atoms with Crippen LogP contribution in [-0.4, -0.2) is 33.4 Å². The van der Waals surface area contributed by atoms with Gasteiger partial charge in [0.2, 0.25) is 0 Å². The molecule has 134 valence electrons. The molecule has 4 nitrogen and oxygen atoms in total. The summed E-state index contributed by atoms with van der Waals surface area (Å²) in [5.74, 6) is 0.688. The number of amides is 1. The zero-order valence-corrected chi connectivity index (χ0v) is 15.6. The van der Waals surface area contributed by atoms with Gasteiger partial charge < -0.3 is 4.90 Å². The summed E-state index contributed by atoms with van der Waals surface area (Å²) in [4.78, 5) is 23.7. The Morgan fingerprint density at radius 3 is 2.32 bits per heavy atom. The van der Waals surface area contributed by atoms with Gasteiger partial charge in [0.15, 0.2) is 5.82 Å². The maximum Gasteiger partial charge on any atom is 0.257 e. The molecule has 0 aliphatic rings. The molecule has 0 saturated heterocycles. The monoisotopic (exact) mass is 339 g/mol. The summed E-state index contributed by atoms with van der Waals surface area (Å²) < 4.78 is 0. The van der Waals surface area contributed by atoms with Crippen molar-refractivity contribution in [2.75, 3.05) is 6.54 Å². The predicted molar refractivity (Wildman–Crippen MR) is 102 cm³/mol. The van der Waals surface area contributed by atoms with Crippen LogP contribution in [0.4, 0.5) is 0 Å². The first-order chi connectivity index (χ1) is 12.2. The minimum Gasteiger partial charge on any atom is -0.336 e. The Morgan fingerprint density at radius 2 is 1.72 bits per heavy atom. The van der Waals surface area contributed by atoms with Crippen molar-refractivity contribution in [1.29, 1.82) is 0 Å². The quantitative estimate of drug-likeness (QED) is 0.606. The van der Waals surface area contributed by atoms with Crippen LogP contribution in [0.1, 0.15) is 63.2 Å². The van der Waals surface area contributed by atoms with Gasteiger partial charge in [-0.1, -0.05) is 63.4 Å². The Morgan fingerprint density at radius 1 is 1.04 bits per heavy atom. The lowest BCUT2D eigenvalue weighted by molar-refractivity contribution is 0.0679. The number of unbranched alkanes of at least 4 members (excludes halogenated alkanes) is 2. The summed E-state index contributed by atoms with van der Waals surface area (Å²) in [6, 6.07) is 10.1.